The fourth-order valence-corrected chi connectivity index (χ4v) is 5.26. The molecular formula is C12H15BrFNO4S2. The summed E-state index contributed by atoms with van der Waals surface area (Å²) in [5.41, 5.74) is 0. The Bertz CT molecular complexity index is 749. The van der Waals surface area contributed by atoms with Gasteiger partial charge in [-0.25, -0.2) is 25.9 Å². The molecule has 1 fully saturated rings. The first kappa shape index (κ1) is 16.9. The minimum Gasteiger partial charge on any atom is -0.224 e. The smallest absolute Gasteiger partial charge is 0.224 e. The Morgan fingerprint density at radius 3 is 2.43 bits per heavy atom. The number of hydrogen-bond acceptors (Lipinski definition) is 4. The number of halogens is 2. The minimum atomic E-state index is -4.11. The number of nitrogens with one attached hydrogen (secondary N) is 1. The fraction of sp³-hybridized carbons (Fsp3) is 0.500. The van der Waals surface area contributed by atoms with Gasteiger partial charge in [-0.1, -0.05) is 22.4 Å². The molecule has 2 rings (SSSR count). The van der Waals surface area contributed by atoms with E-state index < -0.39 is 30.6 Å². The Kier molecular flexibility index (Phi) is 4.77. The number of sulfonamides is 1. The van der Waals surface area contributed by atoms with E-state index in [0.717, 1.165) is 37.3 Å². The van der Waals surface area contributed by atoms with Crippen molar-refractivity contribution in [1.29, 1.82) is 0 Å². The summed E-state index contributed by atoms with van der Waals surface area (Å²) >= 11 is 3.38. The molecule has 118 valence electrons. The van der Waals surface area contributed by atoms with Gasteiger partial charge in [0.25, 0.3) is 0 Å². The third kappa shape index (κ3) is 3.82. The first-order chi connectivity index (χ1) is 9.61. The van der Waals surface area contributed by atoms with E-state index in [2.05, 4.69) is 20.7 Å². The summed E-state index contributed by atoms with van der Waals surface area (Å²) in [5, 5.41) is 0. The van der Waals surface area contributed by atoms with Crippen LogP contribution in [0.3, 0.4) is 0 Å². The quantitative estimate of drug-likeness (QED) is 0.618. The van der Waals surface area contributed by atoms with Gasteiger partial charge in [0.1, 0.15) is 10.7 Å². The van der Waals surface area contributed by atoms with E-state index in [1.165, 1.54) is 0 Å². The van der Waals surface area contributed by atoms with E-state index in [9.17, 15) is 21.2 Å². The maximum absolute atomic E-state index is 13.8. The molecule has 21 heavy (non-hydrogen) atoms. The van der Waals surface area contributed by atoms with Crippen molar-refractivity contribution in [1.82, 2.24) is 4.72 Å². The summed E-state index contributed by atoms with van der Waals surface area (Å²) in [6, 6.07) is 2.43. The normalized spacial score (nSPS) is 23.4. The second kappa shape index (κ2) is 5.94. The van der Waals surface area contributed by atoms with Gasteiger partial charge in [-0.2, -0.15) is 0 Å². The van der Waals surface area contributed by atoms with Crippen LogP contribution in [0.5, 0.6) is 0 Å². The standard InChI is InChI=1S/C12H15BrFNO4S2/c1-20(16,17)8-5-6-10(14)12(7-8)21(18,19)15-11-4-2-3-9(11)13/h5-7,9,11,15H,2-4H2,1H3. The topological polar surface area (TPSA) is 80.3 Å². The van der Waals surface area contributed by atoms with Gasteiger partial charge in [-0.15, -0.1) is 0 Å². The first-order valence-corrected chi connectivity index (χ1v) is 10.6. The largest absolute Gasteiger partial charge is 0.243 e. The molecule has 0 bridgehead atoms. The lowest BCUT2D eigenvalue weighted by molar-refractivity contribution is 0.538. The van der Waals surface area contributed by atoms with Crippen LogP contribution in [0, 0.1) is 5.82 Å². The lowest BCUT2D eigenvalue weighted by Crippen LogP contribution is -2.38. The van der Waals surface area contributed by atoms with Crippen molar-refractivity contribution in [2.75, 3.05) is 6.26 Å². The van der Waals surface area contributed by atoms with Crippen LogP contribution in [0.1, 0.15) is 19.3 Å². The van der Waals surface area contributed by atoms with Crippen molar-refractivity contribution in [3.05, 3.63) is 24.0 Å². The highest BCUT2D eigenvalue weighted by molar-refractivity contribution is 9.09. The molecule has 0 aliphatic heterocycles. The highest BCUT2D eigenvalue weighted by Gasteiger charge is 2.31. The molecule has 2 atom stereocenters. The van der Waals surface area contributed by atoms with Crippen LogP contribution >= 0.6 is 15.9 Å². The van der Waals surface area contributed by atoms with Crippen molar-refractivity contribution in [2.24, 2.45) is 0 Å². The van der Waals surface area contributed by atoms with Gasteiger partial charge >= 0.3 is 0 Å². The summed E-state index contributed by atoms with van der Waals surface area (Å²) in [5.74, 6) is -0.973. The van der Waals surface area contributed by atoms with Crippen LogP contribution in [0.4, 0.5) is 4.39 Å². The second-order valence-electron chi connectivity index (χ2n) is 5.04. The van der Waals surface area contributed by atoms with Gasteiger partial charge in [0.15, 0.2) is 9.84 Å². The van der Waals surface area contributed by atoms with E-state index in [1.807, 2.05) is 0 Å². The number of benzene rings is 1. The Morgan fingerprint density at radius 2 is 1.90 bits per heavy atom. The molecule has 0 radical (unpaired) electrons. The Hall–Kier alpha value is -0.510. The molecule has 1 N–H and O–H groups in total. The highest BCUT2D eigenvalue weighted by atomic mass is 79.9. The van der Waals surface area contributed by atoms with Crippen LogP contribution in [0.15, 0.2) is 28.0 Å². The molecular weight excluding hydrogens is 385 g/mol. The van der Waals surface area contributed by atoms with E-state index in [-0.39, 0.29) is 15.8 Å². The molecule has 0 amide bonds. The molecule has 0 aromatic heterocycles. The zero-order valence-corrected chi connectivity index (χ0v) is 14.4. The predicted molar refractivity (Wildman–Crippen MR) is 80.2 cm³/mol. The molecule has 1 aliphatic carbocycles. The summed E-state index contributed by atoms with van der Waals surface area (Å²) in [7, 11) is -7.72. The number of sulfone groups is 1. The molecule has 5 nitrogen and oxygen atoms in total. The van der Waals surface area contributed by atoms with Crippen molar-refractivity contribution < 1.29 is 21.2 Å². The number of hydrogen-bond donors (Lipinski definition) is 1. The van der Waals surface area contributed by atoms with Crippen molar-refractivity contribution in [3.8, 4) is 0 Å². The molecule has 1 saturated carbocycles. The average Bonchev–Trinajstić information content (AvgIpc) is 2.73. The maximum Gasteiger partial charge on any atom is 0.243 e. The van der Waals surface area contributed by atoms with Gasteiger partial charge in [0.05, 0.1) is 4.90 Å². The molecule has 2 unspecified atom stereocenters. The third-order valence-corrected chi connectivity index (χ3v) is 7.07. The average molecular weight is 400 g/mol. The summed E-state index contributed by atoms with van der Waals surface area (Å²) in [6.07, 6.45) is 3.30. The van der Waals surface area contributed by atoms with Crippen molar-refractivity contribution in [3.63, 3.8) is 0 Å². The molecule has 1 aromatic carbocycles. The monoisotopic (exact) mass is 399 g/mol. The maximum atomic E-state index is 13.8. The SMILES string of the molecule is CS(=O)(=O)c1ccc(F)c(S(=O)(=O)NC2CCCC2Br)c1. The molecule has 0 saturated heterocycles. The number of alkyl halides is 1. The Morgan fingerprint density at radius 1 is 1.24 bits per heavy atom. The van der Waals surface area contributed by atoms with Gasteiger partial charge in [-0.3, -0.25) is 0 Å². The van der Waals surface area contributed by atoms with E-state index in [4.69, 9.17) is 0 Å². The van der Waals surface area contributed by atoms with E-state index in [1.54, 1.807) is 0 Å². The minimum absolute atomic E-state index is 0.00609. The Labute approximate surface area is 132 Å². The van der Waals surface area contributed by atoms with Gasteiger partial charge in [0.2, 0.25) is 10.0 Å². The van der Waals surface area contributed by atoms with E-state index in [0.29, 0.717) is 6.42 Å². The van der Waals surface area contributed by atoms with Crippen LogP contribution in [0.25, 0.3) is 0 Å². The molecule has 1 aliphatic rings. The summed E-state index contributed by atoms with van der Waals surface area (Å²) in [6.45, 7) is 0. The zero-order chi connectivity index (χ0) is 15.8. The van der Waals surface area contributed by atoms with Crippen molar-refractivity contribution >= 4 is 35.8 Å². The molecule has 0 heterocycles. The van der Waals surface area contributed by atoms with Crippen LogP contribution < -0.4 is 4.72 Å². The molecule has 1 aromatic rings. The van der Waals surface area contributed by atoms with Gasteiger partial charge < -0.3 is 0 Å². The van der Waals surface area contributed by atoms with Crippen LogP contribution in [0.2, 0.25) is 0 Å². The zero-order valence-electron chi connectivity index (χ0n) is 11.2. The predicted octanol–water partition coefficient (Wildman–Crippen LogP) is 1.82. The fourth-order valence-electron chi connectivity index (χ4n) is 2.23. The lowest BCUT2D eigenvalue weighted by Gasteiger charge is -2.17. The lowest BCUT2D eigenvalue weighted by atomic mass is 10.3. The Balaban J connectivity index is 2.40. The number of rotatable bonds is 4. The first-order valence-electron chi connectivity index (χ1n) is 6.27. The van der Waals surface area contributed by atoms with Gasteiger partial charge in [0, 0.05) is 17.1 Å². The molecule has 0 spiro atoms. The second-order valence-corrected chi connectivity index (χ2v) is 9.91. The molecule has 9 heteroatoms. The van der Waals surface area contributed by atoms with Crippen molar-refractivity contribution in [2.45, 2.75) is 39.9 Å². The third-order valence-electron chi connectivity index (χ3n) is 3.36. The summed E-state index contributed by atoms with van der Waals surface area (Å²) < 4.78 is 63.7. The van der Waals surface area contributed by atoms with Crippen LogP contribution in [-0.2, 0) is 19.9 Å². The van der Waals surface area contributed by atoms with Gasteiger partial charge in [-0.05, 0) is 31.0 Å². The highest BCUT2D eigenvalue weighted by Crippen LogP contribution is 2.28. The van der Waals surface area contributed by atoms with Crippen LogP contribution in [-0.4, -0.2) is 34.0 Å². The summed E-state index contributed by atoms with van der Waals surface area (Å²) in [4.78, 5) is -0.878. The van der Waals surface area contributed by atoms with E-state index >= 15 is 0 Å².